The van der Waals surface area contributed by atoms with Gasteiger partial charge in [-0.15, -0.1) is 28.6 Å². The van der Waals surface area contributed by atoms with Gasteiger partial charge in [-0.05, 0) is 60.8 Å². The lowest BCUT2D eigenvalue weighted by Gasteiger charge is -2.51. The number of thioether (sulfide) groups is 2. The largest absolute Gasteiger partial charge is 0.464 e. The van der Waals surface area contributed by atoms with Gasteiger partial charge in [0.1, 0.15) is 59.0 Å². The molecular weight excluding hydrogens is 763 g/mol. The maximum atomic E-state index is 13.4. The molecule has 0 saturated carbocycles. The molecule has 0 spiro atoms. The third-order valence-electron chi connectivity index (χ3n) is 8.47. The van der Waals surface area contributed by atoms with E-state index in [1.165, 1.54) is 44.9 Å². The van der Waals surface area contributed by atoms with E-state index in [2.05, 4.69) is 20.9 Å². The van der Waals surface area contributed by atoms with E-state index in [4.69, 9.17) is 23.7 Å². The van der Waals surface area contributed by atoms with E-state index in [0.717, 1.165) is 0 Å². The van der Waals surface area contributed by atoms with Crippen LogP contribution in [0.3, 0.4) is 0 Å². The van der Waals surface area contributed by atoms with Gasteiger partial charge in [0, 0.05) is 30.2 Å². The predicted molar refractivity (Wildman–Crippen MR) is 195 cm³/mol. The van der Waals surface area contributed by atoms with Crippen LogP contribution in [0.2, 0.25) is 0 Å². The lowest BCUT2D eigenvalue weighted by molar-refractivity contribution is -0.164. The molecule has 0 radical (unpaired) electrons. The monoisotopic (exact) mass is 809 g/mol. The minimum Gasteiger partial charge on any atom is -0.464 e. The molecule has 1 aromatic heterocycles. The summed E-state index contributed by atoms with van der Waals surface area (Å²) in [7, 11) is 0. The first kappa shape index (κ1) is 41.6. The molecule has 55 heavy (non-hydrogen) atoms. The number of hydrogen-bond donors (Lipinski definition) is 2. The van der Waals surface area contributed by atoms with Crippen molar-refractivity contribution < 1.29 is 57.2 Å². The zero-order valence-corrected chi connectivity index (χ0v) is 33.7. The zero-order valence-electron chi connectivity index (χ0n) is 32.1. The van der Waals surface area contributed by atoms with E-state index in [0.29, 0.717) is 17.7 Å². The van der Waals surface area contributed by atoms with Gasteiger partial charge in [0.2, 0.25) is 11.8 Å². The van der Waals surface area contributed by atoms with Crippen molar-refractivity contribution in [2.75, 3.05) is 13.2 Å². The normalized spacial score (nSPS) is 25.3. The van der Waals surface area contributed by atoms with Crippen LogP contribution in [0.4, 0.5) is 9.59 Å². The highest BCUT2D eigenvalue weighted by Gasteiger charge is 2.65. The third-order valence-corrected chi connectivity index (χ3v) is 11.3. The van der Waals surface area contributed by atoms with Crippen LogP contribution >= 0.6 is 23.5 Å². The quantitative estimate of drug-likeness (QED) is 0.133. The SMILES string of the molecule is CC(=O)OCC1=CS[C@@H]2[C@H](NC(=O)OC(C)(C)C)C(=O)N2[C@H]1C(=O)OCCCn1cc(COC(=O)C2N3C(=O)[C@@H](NC(=O)OC(C)(C)C)[C@H]3SC2(C)C)nn1. The lowest BCUT2D eigenvalue weighted by Crippen LogP contribution is -2.74. The molecule has 0 bridgehead atoms. The van der Waals surface area contributed by atoms with Crippen LogP contribution in [0.25, 0.3) is 0 Å². The maximum absolute atomic E-state index is 13.4. The third kappa shape index (κ3) is 9.65. The van der Waals surface area contributed by atoms with E-state index < -0.39 is 92.8 Å². The number of aromatic nitrogens is 3. The van der Waals surface area contributed by atoms with Gasteiger partial charge in [-0.3, -0.25) is 19.1 Å². The number of esters is 3. The average Bonchev–Trinajstić information content (AvgIpc) is 3.63. The Bertz CT molecular complexity index is 1750. The van der Waals surface area contributed by atoms with Crippen LogP contribution in [0.1, 0.15) is 74.4 Å². The van der Waals surface area contributed by atoms with E-state index in [-0.39, 0.29) is 26.4 Å². The van der Waals surface area contributed by atoms with Crippen LogP contribution in [0, 0.1) is 0 Å². The molecule has 19 nitrogen and oxygen atoms in total. The summed E-state index contributed by atoms with van der Waals surface area (Å²) in [5, 5.41) is 13.8. The van der Waals surface area contributed by atoms with Crippen molar-refractivity contribution in [2.24, 2.45) is 0 Å². The number of aryl methyl sites for hydroxylation is 1. The molecule has 3 saturated heterocycles. The molecule has 1 unspecified atom stereocenters. The molecule has 6 atom stereocenters. The summed E-state index contributed by atoms with van der Waals surface area (Å²) in [5.41, 5.74) is -0.806. The molecule has 0 aliphatic carbocycles. The Balaban J connectivity index is 1.09. The van der Waals surface area contributed by atoms with Crippen molar-refractivity contribution in [3.8, 4) is 0 Å². The summed E-state index contributed by atoms with van der Waals surface area (Å²) in [6.07, 6.45) is 0.398. The number of alkyl carbamates (subject to hydrolysis) is 2. The highest BCUT2D eigenvalue weighted by molar-refractivity contribution is 8.03. The second kappa shape index (κ2) is 15.9. The number of carbonyl (C=O) groups excluding carboxylic acids is 7. The number of carbonyl (C=O) groups is 7. The lowest BCUT2D eigenvalue weighted by atomic mass is 9.96. The Morgan fingerprint density at radius 3 is 2.04 bits per heavy atom. The molecule has 4 amide bonds. The zero-order chi connectivity index (χ0) is 40.6. The van der Waals surface area contributed by atoms with Crippen molar-refractivity contribution >= 4 is 65.4 Å². The van der Waals surface area contributed by atoms with Gasteiger partial charge in [-0.25, -0.2) is 19.2 Å². The van der Waals surface area contributed by atoms with Gasteiger partial charge in [-0.1, -0.05) is 5.21 Å². The number of rotatable bonds is 12. The minimum absolute atomic E-state index is 0.0526. The van der Waals surface area contributed by atoms with Crippen molar-refractivity contribution in [1.29, 1.82) is 0 Å². The standard InChI is InChI=1S/C34H47N7O12S2/c1-17(42)50-14-18-16-54-26-20(35-30(47)52-32(2,3)4)24(43)40(26)22(18)28(45)49-12-10-11-39-13-19(37-38-39)15-51-29(46)23-34(8,9)55-27-21(25(44)41(23)27)36-31(48)53-33(5,6)7/h13,16,20-23,26-27H,10-12,14-15H2,1-9H3,(H,35,47)(H,36,48)/t20-,21-,22-,23?,26-,27-/m1/s1. The van der Waals surface area contributed by atoms with Gasteiger partial charge in [0.15, 0.2) is 6.04 Å². The molecule has 4 aliphatic heterocycles. The fraction of sp³-hybridized carbons (Fsp3) is 0.676. The second-order valence-corrected chi connectivity index (χ2v) is 18.5. The Kier molecular flexibility index (Phi) is 12.0. The van der Waals surface area contributed by atoms with Crippen LogP contribution in [0.15, 0.2) is 17.2 Å². The maximum Gasteiger partial charge on any atom is 0.408 e. The van der Waals surface area contributed by atoms with Gasteiger partial charge < -0.3 is 44.1 Å². The number of ether oxygens (including phenoxy) is 5. The molecule has 3 fully saturated rings. The Hall–Kier alpha value is -4.53. The minimum atomic E-state index is -1.17. The molecule has 5 heterocycles. The highest BCUT2D eigenvalue weighted by atomic mass is 32.2. The van der Waals surface area contributed by atoms with E-state index in [9.17, 15) is 33.6 Å². The number of nitrogens with one attached hydrogen (secondary N) is 2. The van der Waals surface area contributed by atoms with Gasteiger partial charge >= 0.3 is 30.1 Å². The Morgan fingerprint density at radius 1 is 0.836 bits per heavy atom. The van der Waals surface area contributed by atoms with Crippen LogP contribution in [0.5, 0.6) is 0 Å². The van der Waals surface area contributed by atoms with E-state index in [1.807, 2.05) is 13.8 Å². The molecule has 2 N–H and O–H groups in total. The summed E-state index contributed by atoms with van der Waals surface area (Å²) in [6.45, 7) is 14.9. The van der Waals surface area contributed by atoms with Crippen molar-refractivity contribution in [3.63, 3.8) is 0 Å². The van der Waals surface area contributed by atoms with Crippen molar-refractivity contribution in [1.82, 2.24) is 35.4 Å². The first-order chi connectivity index (χ1) is 25.6. The number of nitrogens with zero attached hydrogens (tertiary/aromatic N) is 5. The van der Waals surface area contributed by atoms with Crippen LogP contribution in [-0.4, -0.2) is 131 Å². The van der Waals surface area contributed by atoms with Crippen LogP contribution in [-0.2, 0) is 60.8 Å². The number of fused-ring (bicyclic) bond motifs is 2. The topological polar surface area (TPSA) is 227 Å². The molecule has 5 rings (SSSR count). The fourth-order valence-corrected chi connectivity index (χ4v) is 9.04. The average molecular weight is 810 g/mol. The summed E-state index contributed by atoms with van der Waals surface area (Å²) in [4.78, 5) is 91.6. The van der Waals surface area contributed by atoms with E-state index >= 15 is 0 Å². The van der Waals surface area contributed by atoms with Crippen molar-refractivity contribution in [2.45, 2.75) is 133 Å². The molecule has 0 aromatic carbocycles. The molecule has 302 valence electrons. The van der Waals surface area contributed by atoms with Crippen LogP contribution < -0.4 is 10.6 Å². The summed E-state index contributed by atoms with van der Waals surface area (Å²) >= 11 is 2.59. The first-order valence-electron chi connectivity index (χ1n) is 17.6. The molecular formula is C34H47N7O12S2. The fourth-order valence-electron chi connectivity index (χ4n) is 6.21. The summed E-state index contributed by atoms with van der Waals surface area (Å²) in [5.74, 6) is -2.84. The van der Waals surface area contributed by atoms with Gasteiger partial charge in [-0.2, -0.15) is 0 Å². The number of hydrogen-bond acceptors (Lipinski definition) is 16. The summed E-state index contributed by atoms with van der Waals surface area (Å²) < 4.78 is 27.5. The smallest absolute Gasteiger partial charge is 0.408 e. The van der Waals surface area contributed by atoms with E-state index in [1.54, 1.807) is 53.1 Å². The summed E-state index contributed by atoms with van der Waals surface area (Å²) in [6, 6.07) is -3.81. The van der Waals surface area contributed by atoms with Crippen molar-refractivity contribution in [3.05, 3.63) is 22.9 Å². The predicted octanol–water partition coefficient (Wildman–Crippen LogP) is 1.83. The highest BCUT2D eigenvalue weighted by Crippen LogP contribution is 2.51. The molecule has 1 aromatic rings. The van der Waals surface area contributed by atoms with Gasteiger partial charge in [0.05, 0.1) is 12.8 Å². The van der Waals surface area contributed by atoms with Gasteiger partial charge in [0.25, 0.3) is 0 Å². The molecule has 4 aliphatic rings. The molecule has 21 heteroatoms. The Labute approximate surface area is 326 Å². The Morgan fingerprint density at radius 2 is 1.44 bits per heavy atom. The number of amides is 4. The number of β-lactam (4-membered cyclic amide) rings is 2. The first-order valence-corrected chi connectivity index (χ1v) is 19.4. The second-order valence-electron chi connectivity index (χ2n) is 15.8.